The van der Waals surface area contributed by atoms with Crippen LogP contribution >= 0.6 is 0 Å². The van der Waals surface area contributed by atoms with Crippen LogP contribution < -0.4 is 5.32 Å². The van der Waals surface area contributed by atoms with Crippen molar-refractivity contribution in [3.8, 4) is 0 Å². The molecule has 0 spiro atoms. The Hall–Kier alpha value is -2.62. The smallest absolute Gasteiger partial charge is 0.251 e. The van der Waals surface area contributed by atoms with Gasteiger partial charge in [-0.2, -0.15) is 0 Å². The molecule has 4 rings (SSSR count). The van der Waals surface area contributed by atoms with Crippen LogP contribution in [0.2, 0.25) is 0 Å². The lowest BCUT2D eigenvalue weighted by atomic mass is 9.90. The molecular weight excluding hydrogens is 262 g/mol. The van der Waals surface area contributed by atoms with Crippen molar-refractivity contribution >= 4 is 17.6 Å². The van der Waals surface area contributed by atoms with E-state index in [4.69, 9.17) is 0 Å². The third-order valence-corrected chi connectivity index (χ3v) is 4.07. The van der Waals surface area contributed by atoms with Crippen LogP contribution in [-0.4, -0.2) is 29.9 Å². The number of guanidine groups is 1. The number of nitrogens with one attached hydrogen (secondary N) is 1. The van der Waals surface area contributed by atoms with E-state index in [-0.39, 0.29) is 18.4 Å². The lowest BCUT2D eigenvalue weighted by Crippen LogP contribution is -2.37. The molecule has 104 valence electrons. The Morgan fingerprint density at radius 3 is 2.67 bits per heavy atom. The van der Waals surface area contributed by atoms with Gasteiger partial charge in [-0.25, -0.2) is 4.99 Å². The topological polar surface area (TPSA) is 44.7 Å². The molecule has 1 unspecified atom stereocenters. The van der Waals surface area contributed by atoms with Crippen molar-refractivity contribution < 1.29 is 4.79 Å². The Morgan fingerprint density at radius 2 is 1.81 bits per heavy atom. The summed E-state index contributed by atoms with van der Waals surface area (Å²) in [5.41, 5.74) is 3.45. The van der Waals surface area contributed by atoms with Gasteiger partial charge in [0.25, 0.3) is 5.91 Å². The van der Waals surface area contributed by atoms with Gasteiger partial charge in [-0.1, -0.05) is 48.5 Å². The van der Waals surface area contributed by atoms with Gasteiger partial charge in [0.05, 0.1) is 0 Å². The highest BCUT2D eigenvalue weighted by Crippen LogP contribution is 2.34. The van der Waals surface area contributed by atoms with Gasteiger partial charge in [-0.3, -0.25) is 9.69 Å². The molecular formula is C17H15N3O. The van der Waals surface area contributed by atoms with Crippen LogP contribution in [0.25, 0.3) is 0 Å². The average molecular weight is 277 g/mol. The number of aliphatic imine (C=N–C) groups is 1. The van der Waals surface area contributed by atoms with E-state index in [1.54, 1.807) is 4.90 Å². The highest BCUT2D eigenvalue weighted by atomic mass is 16.2. The van der Waals surface area contributed by atoms with Gasteiger partial charge in [0.2, 0.25) is 5.96 Å². The van der Waals surface area contributed by atoms with Crippen molar-refractivity contribution in [2.45, 2.75) is 5.92 Å². The summed E-state index contributed by atoms with van der Waals surface area (Å²) in [7, 11) is 0. The first-order chi connectivity index (χ1) is 10.3. The van der Waals surface area contributed by atoms with Crippen LogP contribution in [0.5, 0.6) is 0 Å². The lowest BCUT2D eigenvalue weighted by Gasteiger charge is -2.21. The lowest BCUT2D eigenvalue weighted by molar-refractivity contribution is -0.124. The minimum Gasteiger partial charge on any atom is -0.326 e. The predicted octanol–water partition coefficient (Wildman–Crippen LogP) is 2.44. The monoisotopic (exact) mass is 277 g/mol. The first kappa shape index (κ1) is 12.1. The summed E-state index contributed by atoms with van der Waals surface area (Å²) in [6.07, 6.45) is 0. The summed E-state index contributed by atoms with van der Waals surface area (Å²) in [4.78, 5) is 18.1. The number of amides is 1. The van der Waals surface area contributed by atoms with E-state index in [1.807, 2.05) is 36.4 Å². The molecule has 4 nitrogen and oxygen atoms in total. The number of benzene rings is 2. The second-order valence-corrected chi connectivity index (χ2v) is 5.32. The van der Waals surface area contributed by atoms with E-state index in [1.165, 1.54) is 11.1 Å². The molecule has 0 aromatic heterocycles. The zero-order valence-corrected chi connectivity index (χ0v) is 11.5. The quantitative estimate of drug-likeness (QED) is 0.870. The maximum atomic E-state index is 12.1. The highest BCUT2D eigenvalue weighted by Gasteiger charge is 2.33. The van der Waals surface area contributed by atoms with Crippen molar-refractivity contribution in [3.63, 3.8) is 0 Å². The van der Waals surface area contributed by atoms with Crippen LogP contribution in [0.3, 0.4) is 0 Å². The van der Waals surface area contributed by atoms with E-state index < -0.39 is 0 Å². The minimum absolute atomic E-state index is 0.0613. The van der Waals surface area contributed by atoms with Gasteiger partial charge in [0.15, 0.2) is 0 Å². The number of carbonyl (C=O) groups excluding carboxylic acids is 1. The van der Waals surface area contributed by atoms with Gasteiger partial charge in [-0.15, -0.1) is 0 Å². The van der Waals surface area contributed by atoms with Gasteiger partial charge in [0, 0.05) is 18.2 Å². The van der Waals surface area contributed by atoms with Crippen LogP contribution in [0, 0.1) is 0 Å². The molecule has 0 bridgehead atoms. The zero-order chi connectivity index (χ0) is 14.2. The third-order valence-electron chi connectivity index (χ3n) is 4.07. The Balaban J connectivity index is 1.85. The molecule has 0 aliphatic carbocycles. The Labute approximate surface area is 123 Å². The van der Waals surface area contributed by atoms with Crippen LogP contribution in [0.4, 0.5) is 5.69 Å². The number of hydrogen-bond acceptors (Lipinski definition) is 3. The normalized spacial score (nSPS) is 20.2. The van der Waals surface area contributed by atoms with Crippen LogP contribution in [-0.2, 0) is 4.79 Å². The summed E-state index contributed by atoms with van der Waals surface area (Å²) >= 11 is 0. The number of carbonyl (C=O) groups is 1. The molecule has 0 saturated heterocycles. The highest BCUT2D eigenvalue weighted by molar-refractivity contribution is 6.09. The van der Waals surface area contributed by atoms with Crippen molar-refractivity contribution in [1.82, 2.24) is 4.90 Å². The molecule has 2 aliphatic heterocycles. The average Bonchev–Trinajstić information content (AvgIpc) is 2.78. The molecule has 0 radical (unpaired) electrons. The molecule has 4 heteroatoms. The van der Waals surface area contributed by atoms with E-state index in [0.717, 1.165) is 5.69 Å². The Kier molecular flexibility index (Phi) is 2.74. The van der Waals surface area contributed by atoms with E-state index in [9.17, 15) is 4.79 Å². The van der Waals surface area contributed by atoms with E-state index in [2.05, 4.69) is 28.5 Å². The molecule has 0 fully saturated rings. The number of para-hydroxylation sites is 1. The van der Waals surface area contributed by atoms with E-state index >= 15 is 0 Å². The second-order valence-electron chi connectivity index (χ2n) is 5.32. The largest absolute Gasteiger partial charge is 0.326 e. The molecule has 0 saturated carbocycles. The third kappa shape index (κ3) is 2.00. The number of hydrogen-bond donors (Lipinski definition) is 1. The van der Waals surface area contributed by atoms with Crippen molar-refractivity contribution in [3.05, 3.63) is 65.7 Å². The van der Waals surface area contributed by atoms with Gasteiger partial charge >= 0.3 is 0 Å². The maximum Gasteiger partial charge on any atom is 0.251 e. The van der Waals surface area contributed by atoms with Crippen LogP contribution in [0.1, 0.15) is 17.0 Å². The fraction of sp³-hybridized carbons (Fsp3) is 0.176. The standard InChI is InChI=1S/C17H15N3O/c21-16-10-18-17-19-15-9-5-4-8-13(15)14(11-20(16)17)12-6-2-1-3-7-12/h1-9,14H,10-11H2,(H,18,19). The second kappa shape index (κ2) is 4.74. The molecule has 2 heterocycles. The van der Waals surface area contributed by atoms with Crippen molar-refractivity contribution in [1.29, 1.82) is 0 Å². The molecule has 2 aliphatic rings. The fourth-order valence-corrected chi connectivity index (χ4v) is 3.01. The van der Waals surface area contributed by atoms with Crippen LogP contribution in [0.15, 0.2) is 59.6 Å². The first-order valence-corrected chi connectivity index (χ1v) is 7.08. The molecule has 1 amide bonds. The summed E-state index contributed by atoms with van der Waals surface area (Å²) in [6, 6.07) is 18.5. The molecule has 2 aromatic rings. The summed E-state index contributed by atoms with van der Waals surface area (Å²) in [5.74, 6) is 0.891. The van der Waals surface area contributed by atoms with Gasteiger partial charge in [0.1, 0.15) is 6.54 Å². The number of nitrogens with zero attached hydrogens (tertiary/aromatic N) is 2. The predicted molar refractivity (Wildman–Crippen MR) is 82.4 cm³/mol. The molecule has 1 atom stereocenters. The zero-order valence-electron chi connectivity index (χ0n) is 11.5. The number of rotatable bonds is 1. The summed E-state index contributed by atoms with van der Waals surface area (Å²) in [5, 5.41) is 3.31. The first-order valence-electron chi connectivity index (χ1n) is 7.08. The number of fused-ring (bicyclic) bond motifs is 2. The fourth-order valence-electron chi connectivity index (χ4n) is 3.01. The molecule has 1 N–H and O–H groups in total. The van der Waals surface area contributed by atoms with Gasteiger partial charge in [-0.05, 0) is 17.2 Å². The SMILES string of the molecule is O=C1CN=C2Nc3ccccc3C(c3ccccc3)CN12. The Bertz CT molecular complexity index is 724. The van der Waals surface area contributed by atoms with Crippen molar-refractivity contribution in [2.24, 2.45) is 4.99 Å². The maximum absolute atomic E-state index is 12.1. The summed E-state index contributed by atoms with van der Waals surface area (Å²) in [6.45, 7) is 0.873. The minimum atomic E-state index is 0.0613. The van der Waals surface area contributed by atoms with Gasteiger partial charge < -0.3 is 5.32 Å². The molecule has 21 heavy (non-hydrogen) atoms. The number of anilines is 1. The molecule has 2 aromatic carbocycles. The van der Waals surface area contributed by atoms with Crippen molar-refractivity contribution in [2.75, 3.05) is 18.4 Å². The Morgan fingerprint density at radius 1 is 1.05 bits per heavy atom. The van der Waals surface area contributed by atoms with E-state index in [0.29, 0.717) is 12.5 Å². The summed E-state index contributed by atoms with van der Waals surface area (Å²) < 4.78 is 0.